The zero-order valence-electron chi connectivity index (χ0n) is 23.6. The number of ketones is 1. The van der Waals surface area contributed by atoms with E-state index in [2.05, 4.69) is 45.7 Å². The van der Waals surface area contributed by atoms with Crippen LogP contribution >= 0.6 is 31.9 Å². The van der Waals surface area contributed by atoms with Gasteiger partial charge in [-0.05, 0) is 48.2 Å². The number of hydrogen-bond acceptors (Lipinski definition) is 3. The molecule has 0 aliphatic carbocycles. The number of unbranched alkanes of at least 4 members (excludes halogenated alkanes) is 10. The Labute approximate surface area is 248 Å². The molecule has 5 heteroatoms. The molecule has 0 fully saturated rings. The van der Waals surface area contributed by atoms with Crippen molar-refractivity contribution in [1.29, 1.82) is 0 Å². The number of carbonyl (C=O) groups excluding carboxylic acids is 1. The predicted octanol–water partition coefficient (Wildman–Crippen LogP) is 10.4. The van der Waals surface area contributed by atoms with Crippen LogP contribution in [0.3, 0.4) is 0 Å². The Bertz CT molecular complexity index is 795. The first-order valence-electron chi connectivity index (χ1n) is 14.8. The maximum Gasteiger partial charge on any atom is 0.149 e. The van der Waals surface area contributed by atoms with Crippen LogP contribution in [0.25, 0.3) is 0 Å². The largest absolute Gasteiger partial charge is 0.494 e. The second kappa shape index (κ2) is 20.6. The van der Waals surface area contributed by atoms with Gasteiger partial charge >= 0.3 is 0 Å². The van der Waals surface area contributed by atoms with Gasteiger partial charge in [-0.3, -0.25) is 4.79 Å². The van der Waals surface area contributed by atoms with Gasteiger partial charge in [-0.2, -0.15) is 0 Å². The van der Waals surface area contributed by atoms with Crippen LogP contribution in [0.5, 0.6) is 11.5 Å². The van der Waals surface area contributed by atoms with Crippen molar-refractivity contribution >= 4 is 37.6 Å². The molecule has 212 valence electrons. The monoisotopic (exact) mass is 650 g/mol. The van der Waals surface area contributed by atoms with Crippen LogP contribution in [0, 0.1) is 0 Å². The van der Waals surface area contributed by atoms with E-state index in [1.54, 1.807) is 0 Å². The van der Waals surface area contributed by atoms with Gasteiger partial charge in [0.2, 0.25) is 0 Å². The van der Waals surface area contributed by atoms with E-state index in [-0.39, 0.29) is 17.6 Å². The van der Waals surface area contributed by atoms with Crippen LogP contribution in [0.15, 0.2) is 48.5 Å². The smallest absolute Gasteiger partial charge is 0.149 e. The summed E-state index contributed by atoms with van der Waals surface area (Å²) in [5, 5.41) is 1.18. The van der Waals surface area contributed by atoms with Crippen molar-refractivity contribution < 1.29 is 14.3 Å². The average Bonchev–Trinajstić information content (AvgIpc) is 2.94. The van der Waals surface area contributed by atoms with E-state index >= 15 is 0 Å². The minimum absolute atomic E-state index is 0.209. The van der Waals surface area contributed by atoms with Gasteiger partial charge in [0, 0.05) is 10.7 Å². The summed E-state index contributed by atoms with van der Waals surface area (Å²) in [6.45, 7) is 5.98. The summed E-state index contributed by atoms with van der Waals surface area (Å²) in [6.07, 6.45) is 15.0. The Balaban J connectivity index is 1.86. The van der Waals surface area contributed by atoms with E-state index in [0.717, 1.165) is 48.7 Å². The van der Waals surface area contributed by atoms with Crippen molar-refractivity contribution in [2.24, 2.45) is 0 Å². The van der Waals surface area contributed by atoms with Crippen molar-refractivity contribution in [2.75, 3.05) is 23.9 Å². The number of rotatable bonds is 22. The van der Waals surface area contributed by atoms with E-state index in [9.17, 15) is 4.79 Å². The van der Waals surface area contributed by atoms with Crippen LogP contribution in [0.2, 0.25) is 0 Å². The summed E-state index contributed by atoms with van der Waals surface area (Å²) in [6, 6.07) is 16.1. The minimum Gasteiger partial charge on any atom is -0.494 e. The summed E-state index contributed by atoms with van der Waals surface area (Å²) in [4.78, 5) is 13.6. The summed E-state index contributed by atoms with van der Waals surface area (Å²) in [7, 11) is 0. The highest BCUT2D eigenvalue weighted by molar-refractivity contribution is 9.09. The number of carbonyl (C=O) groups is 1. The van der Waals surface area contributed by atoms with Crippen molar-refractivity contribution in [3.8, 4) is 11.5 Å². The number of hydrogen-bond donors (Lipinski definition) is 0. The van der Waals surface area contributed by atoms with Gasteiger partial charge in [-0.25, -0.2) is 0 Å². The molecular formula is C33H48Br2O3. The van der Waals surface area contributed by atoms with Gasteiger partial charge in [0.15, 0.2) is 0 Å². The second-order valence-corrected chi connectivity index (χ2v) is 11.5. The zero-order chi connectivity index (χ0) is 27.4. The molecule has 0 amide bonds. The van der Waals surface area contributed by atoms with E-state index in [1.807, 2.05) is 48.5 Å². The van der Waals surface area contributed by atoms with Crippen molar-refractivity contribution in [2.45, 2.75) is 103 Å². The molecule has 38 heavy (non-hydrogen) atoms. The average molecular weight is 653 g/mol. The fraction of sp³-hybridized carbons (Fsp3) is 0.606. The van der Waals surface area contributed by atoms with E-state index in [1.165, 1.54) is 64.2 Å². The van der Waals surface area contributed by atoms with Gasteiger partial charge in [0.05, 0.1) is 25.0 Å². The van der Waals surface area contributed by atoms with Crippen LogP contribution < -0.4 is 9.47 Å². The Morgan fingerprint density at radius 1 is 0.579 bits per heavy atom. The Morgan fingerprint density at radius 3 is 1.26 bits per heavy atom. The molecule has 0 bridgehead atoms. The molecule has 0 saturated carbocycles. The first-order valence-corrected chi connectivity index (χ1v) is 17.0. The standard InChI is InChI=1S/C33H48Br2O3/c1-3-5-7-9-11-13-23-37-29-19-15-27(16-20-29)31(25-34)33(36)32(26-35)28-17-21-30(22-18-28)38-24-14-12-10-8-6-4-2/h15-22,31-32H,3-14,23-26H2,1-2H3. The number of halogens is 2. The highest BCUT2D eigenvalue weighted by Gasteiger charge is 2.28. The SMILES string of the molecule is CCCCCCCCOc1ccc(C(CBr)C(=O)C(CBr)c2ccc(OCCCCCCCC)cc2)cc1. The predicted molar refractivity (Wildman–Crippen MR) is 169 cm³/mol. The summed E-state index contributed by atoms with van der Waals surface area (Å²) < 4.78 is 11.9. The third-order valence-corrected chi connectivity index (χ3v) is 8.39. The first-order chi connectivity index (χ1) is 18.6. The lowest BCUT2D eigenvalue weighted by Gasteiger charge is -2.21. The molecule has 0 aliphatic rings. The Hall–Kier alpha value is -1.33. The van der Waals surface area contributed by atoms with E-state index < -0.39 is 0 Å². The Kier molecular flexibility index (Phi) is 17.8. The first kappa shape index (κ1) is 32.9. The van der Waals surface area contributed by atoms with Gasteiger partial charge < -0.3 is 9.47 Å². The fourth-order valence-corrected chi connectivity index (χ4v) is 6.02. The highest BCUT2D eigenvalue weighted by Crippen LogP contribution is 2.31. The molecule has 2 aromatic carbocycles. The number of Topliss-reactive ketones (excluding diaryl/α,β-unsaturated/α-hetero) is 1. The molecule has 0 heterocycles. The lowest BCUT2D eigenvalue weighted by Crippen LogP contribution is -2.23. The lowest BCUT2D eigenvalue weighted by molar-refractivity contribution is -0.121. The third-order valence-electron chi connectivity index (χ3n) is 7.09. The van der Waals surface area contributed by atoms with Crippen LogP contribution in [0.4, 0.5) is 0 Å². The molecule has 0 aliphatic heterocycles. The number of ether oxygens (including phenoxy) is 2. The molecule has 2 rings (SSSR count). The van der Waals surface area contributed by atoms with Crippen molar-refractivity contribution in [3.05, 3.63) is 59.7 Å². The van der Waals surface area contributed by atoms with Gasteiger partial charge in [-0.15, -0.1) is 0 Å². The minimum atomic E-state index is -0.214. The number of alkyl halides is 2. The van der Waals surface area contributed by atoms with Crippen LogP contribution in [-0.2, 0) is 4.79 Å². The topological polar surface area (TPSA) is 35.5 Å². The molecular weight excluding hydrogens is 604 g/mol. The number of benzene rings is 2. The van der Waals surface area contributed by atoms with Crippen molar-refractivity contribution in [3.63, 3.8) is 0 Å². The summed E-state index contributed by atoms with van der Waals surface area (Å²) in [5.41, 5.74) is 2.03. The van der Waals surface area contributed by atoms with Gasteiger partial charge in [-0.1, -0.05) is 134 Å². The molecule has 0 saturated heterocycles. The molecule has 3 nitrogen and oxygen atoms in total. The normalized spacial score (nSPS) is 12.7. The molecule has 2 aromatic rings. The fourth-order valence-electron chi connectivity index (χ4n) is 4.64. The van der Waals surface area contributed by atoms with Crippen LogP contribution in [-0.4, -0.2) is 29.7 Å². The van der Waals surface area contributed by atoms with E-state index in [0.29, 0.717) is 10.7 Å². The molecule has 2 unspecified atom stereocenters. The maximum atomic E-state index is 13.6. The van der Waals surface area contributed by atoms with Crippen molar-refractivity contribution in [1.82, 2.24) is 0 Å². The van der Waals surface area contributed by atoms with Gasteiger partial charge in [0.25, 0.3) is 0 Å². The van der Waals surface area contributed by atoms with E-state index in [4.69, 9.17) is 9.47 Å². The van der Waals surface area contributed by atoms with Crippen LogP contribution in [0.1, 0.15) is 114 Å². The highest BCUT2D eigenvalue weighted by atomic mass is 79.9. The molecule has 0 radical (unpaired) electrons. The molecule has 0 N–H and O–H groups in total. The molecule has 0 spiro atoms. The summed E-state index contributed by atoms with van der Waals surface area (Å²) in [5.74, 6) is 1.52. The van der Waals surface area contributed by atoms with Gasteiger partial charge in [0.1, 0.15) is 17.3 Å². The molecule has 2 atom stereocenters. The quantitative estimate of drug-likeness (QED) is 0.0938. The maximum absolute atomic E-state index is 13.6. The second-order valence-electron chi connectivity index (χ2n) is 10.2. The molecule has 0 aromatic heterocycles. The summed E-state index contributed by atoms with van der Waals surface area (Å²) >= 11 is 7.20. The Morgan fingerprint density at radius 2 is 0.921 bits per heavy atom. The third kappa shape index (κ3) is 12.2. The lowest BCUT2D eigenvalue weighted by atomic mass is 9.86. The zero-order valence-corrected chi connectivity index (χ0v) is 26.7.